The molecule has 1 aromatic carbocycles. The monoisotopic (exact) mass is 231 g/mol. The molecule has 17 heavy (non-hydrogen) atoms. The van der Waals surface area contributed by atoms with Crippen molar-refractivity contribution in [3.05, 3.63) is 36.0 Å². The van der Waals surface area contributed by atoms with E-state index in [1.54, 1.807) is 0 Å². The molecule has 0 aliphatic carbocycles. The summed E-state index contributed by atoms with van der Waals surface area (Å²) >= 11 is 0. The van der Waals surface area contributed by atoms with E-state index in [0.29, 0.717) is 0 Å². The van der Waals surface area contributed by atoms with Gasteiger partial charge in [0.25, 0.3) is 0 Å². The van der Waals surface area contributed by atoms with E-state index < -0.39 is 0 Å². The number of nitrogens with zero attached hydrogens (tertiary/aromatic N) is 1. The van der Waals surface area contributed by atoms with Gasteiger partial charge in [0.2, 0.25) is 0 Å². The van der Waals surface area contributed by atoms with Crippen LogP contribution in [-0.4, -0.2) is 16.6 Å². The van der Waals surface area contributed by atoms with Gasteiger partial charge in [-0.2, -0.15) is 0 Å². The fourth-order valence-electron chi connectivity index (χ4n) is 1.90. The summed E-state index contributed by atoms with van der Waals surface area (Å²) in [5.74, 6) is -0.196. The van der Waals surface area contributed by atoms with E-state index in [1.807, 2.05) is 42.8 Å². The zero-order valence-corrected chi connectivity index (χ0v) is 10.4. The summed E-state index contributed by atoms with van der Waals surface area (Å²) < 4.78 is 7.05. The average molecular weight is 231 g/mol. The summed E-state index contributed by atoms with van der Waals surface area (Å²) in [5.41, 5.74) is 2.29. The van der Waals surface area contributed by atoms with Crippen molar-refractivity contribution >= 4 is 16.9 Å². The molecule has 0 aliphatic heterocycles. The first-order valence-corrected chi connectivity index (χ1v) is 5.81. The second kappa shape index (κ2) is 4.62. The van der Waals surface area contributed by atoms with Crippen molar-refractivity contribution in [2.45, 2.75) is 33.4 Å². The minimum Gasteiger partial charge on any atom is -0.462 e. The van der Waals surface area contributed by atoms with E-state index in [2.05, 4.69) is 13.0 Å². The number of hydrogen-bond donors (Lipinski definition) is 0. The van der Waals surface area contributed by atoms with Gasteiger partial charge in [-0.3, -0.25) is 4.79 Å². The van der Waals surface area contributed by atoms with Gasteiger partial charge in [0.15, 0.2) is 0 Å². The minimum absolute atomic E-state index is 0.0634. The predicted octanol–water partition coefficient (Wildman–Crippen LogP) is 2.90. The summed E-state index contributed by atoms with van der Waals surface area (Å²) in [7, 11) is 0. The maximum absolute atomic E-state index is 11.6. The van der Waals surface area contributed by atoms with Gasteiger partial charge in [0.1, 0.15) is 6.54 Å². The van der Waals surface area contributed by atoms with Gasteiger partial charge in [0, 0.05) is 11.7 Å². The molecule has 0 fully saturated rings. The summed E-state index contributed by atoms with van der Waals surface area (Å²) in [6.07, 6.45) is 1.86. The number of carbonyl (C=O) groups excluding carboxylic acids is 1. The molecular weight excluding hydrogens is 214 g/mol. The number of benzene rings is 1. The van der Waals surface area contributed by atoms with Crippen molar-refractivity contribution in [2.75, 3.05) is 0 Å². The number of ether oxygens (including phenoxy) is 1. The third kappa shape index (κ3) is 2.67. The Morgan fingerprint density at radius 1 is 1.35 bits per heavy atom. The lowest BCUT2D eigenvalue weighted by atomic mass is 10.2. The first kappa shape index (κ1) is 11.7. The number of rotatable bonds is 3. The van der Waals surface area contributed by atoms with E-state index in [9.17, 15) is 4.79 Å². The van der Waals surface area contributed by atoms with Gasteiger partial charge in [-0.05, 0) is 44.4 Å². The molecule has 0 unspecified atom stereocenters. The highest BCUT2D eigenvalue weighted by Crippen LogP contribution is 2.17. The van der Waals surface area contributed by atoms with Crippen molar-refractivity contribution in [3.8, 4) is 0 Å². The van der Waals surface area contributed by atoms with Crippen LogP contribution in [0.5, 0.6) is 0 Å². The average Bonchev–Trinajstić information content (AvgIpc) is 2.59. The van der Waals surface area contributed by atoms with E-state index in [4.69, 9.17) is 4.74 Å². The van der Waals surface area contributed by atoms with Gasteiger partial charge in [-0.15, -0.1) is 0 Å². The number of aromatic nitrogens is 1. The van der Waals surface area contributed by atoms with Gasteiger partial charge in [-0.25, -0.2) is 0 Å². The molecule has 0 aliphatic rings. The summed E-state index contributed by atoms with van der Waals surface area (Å²) in [6.45, 7) is 6.04. The highest BCUT2D eigenvalue weighted by molar-refractivity contribution is 5.82. The summed E-state index contributed by atoms with van der Waals surface area (Å²) in [5, 5.41) is 1.15. The topological polar surface area (TPSA) is 31.2 Å². The molecule has 0 amide bonds. The van der Waals surface area contributed by atoms with Crippen LogP contribution in [0.15, 0.2) is 30.5 Å². The molecule has 0 bridgehead atoms. The fraction of sp³-hybridized carbons (Fsp3) is 0.357. The second-order valence-electron chi connectivity index (χ2n) is 4.54. The Kier molecular flexibility index (Phi) is 3.18. The van der Waals surface area contributed by atoms with E-state index in [1.165, 1.54) is 5.56 Å². The van der Waals surface area contributed by atoms with Crippen LogP contribution in [0, 0.1) is 6.92 Å². The highest BCUT2D eigenvalue weighted by Gasteiger charge is 2.08. The number of esters is 1. The molecule has 0 atom stereocenters. The van der Waals surface area contributed by atoms with Crippen LogP contribution < -0.4 is 0 Å². The molecular formula is C14H17NO2. The predicted molar refractivity (Wildman–Crippen MR) is 67.9 cm³/mol. The Morgan fingerprint density at radius 3 is 2.82 bits per heavy atom. The van der Waals surface area contributed by atoms with E-state index >= 15 is 0 Å². The second-order valence-corrected chi connectivity index (χ2v) is 4.54. The molecule has 0 saturated carbocycles. The lowest BCUT2D eigenvalue weighted by Gasteiger charge is -2.09. The van der Waals surface area contributed by atoms with Gasteiger partial charge < -0.3 is 9.30 Å². The van der Waals surface area contributed by atoms with Crippen molar-refractivity contribution < 1.29 is 9.53 Å². The molecule has 90 valence electrons. The van der Waals surface area contributed by atoms with Gasteiger partial charge in [0.05, 0.1) is 6.10 Å². The number of carbonyl (C=O) groups is 1. The summed E-state index contributed by atoms with van der Waals surface area (Å²) in [6, 6.07) is 8.21. The minimum atomic E-state index is -0.196. The number of aryl methyl sites for hydroxylation is 1. The van der Waals surface area contributed by atoms with Crippen molar-refractivity contribution in [3.63, 3.8) is 0 Å². The van der Waals surface area contributed by atoms with Crippen LogP contribution in [0.25, 0.3) is 10.9 Å². The molecule has 1 heterocycles. The maximum Gasteiger partial charge on any atom is 0.326 e. The highest BCUT2D eigenvalue weighted by atomic mass is 16.5. The molecule has 0 spiro atoms. The molecule has 0 radical (unpaired) electrons. The molecule has 2 rings (SSSR count). The van der Waals surface area contributed by atoms with E-state index in [-0.39, 0.29) is 18.6 Å². The smallest absolute Gasteiger partial charge is 0.326 e. The number of hydrogen-bond acceptors (Lipinski definition) is 2. The molecule has 0 N–H and O–H groups in total. The van der Waals surface area contributed by atoms with E-state index in [0.717, 1.165) is 10.9 Å². The lowest BCUT2D eigenvalue weighted by Crippen LogP contribution is -2.16. The Morgan fingerprint density at radius 2 is 2.12 bits per heavy atom. The van der Waals surface area contributed by atoms with Crippen LogP contribution >= 0.6 is 0 Å². The Balaban J connectivity index is 2.22. The standard InChI is InChI=1S/C14H17NO2/c1-10(2)17-14(16)9-15-7-6-12-8-11(3)4-5-13(12)15/h4-8,10H,9H2,1-3H3. The molecule has 1 aromatic heterocycles. The molecule has 0 saturated heterocycles. The largest absolute Gasteiger partial charge is 0.462 e. The Bertz CT molecular complexity index is 540. The summed E-state index contributed by atoms with van der Waals surface area (Å²) in [4.78, 5) is 11.6. The Labute approximate surface area is 101 Å². The van der Waals surface area contributed by atoms with Gasteiger partial charge >= 0.3 is 5.97 Å². The lowest BCUT2D eigenvalue weighted by molar-refractivity contribution is -0.148. The van der Waals surface area contributed by atoms with Crippen LogP contribution in [-0.2, 0) is 16.1 Å². The third-order valence-corrected chi connectivity index (χ3v) is 2.59. The quantitative estimate of drug-likeness (QED) is 0.760. The third-order valence-electron chi connectivity index (χ3n) is 2.59. The first-order chi connectivity index (χ1) is 8.06. The van der Waals surface area contributed by atoms with Crippen molar-refractivity contribution in [1.29, 1.82) is 0 Å². The Hall–Kier alpha value is -1.77. The van der Waals surface area contributed by atoms with Crippen LogP contribution in [0.4, 0.5) is 0 Å². The maximum atomic E-state index is 11.6. The van der Waals surface area contributed by atoms with Crippen molar-refractivity contribution in [1.82, 2.24) is 4.57 Å². The molecule has 2 aromatic rings. The molecule has 3 nitrogen and oxygen atoms in total. The normalized spacial score (nSPS) is 11.1. The number of fused-ring (bicyclic) bond motifs is 1. The zero-order valence-electron chi connectivity index (χ0n) is 10.4. The SMILES string of the molecule is Cc1ccc2c(ccn2CC(=O)OC(C)C)c1. The fourth-order valence-corrected chi connectivity index (χ4v) is 1.90. The molecule has 3 heteroatoms. The van der Waals surface area contributed by atoms with Crippen molar-refractivity contribution in [2.24, 2.45) is 0 Å². The van der Waals surface area contributed by atoms with Crippen LogP contribution in [0.2, 0.25) is 0 Å². The first-order valence-electron chi connectivity index (χ1n) is 5.81. The zero-order chi connectivity index (χ0) is 12.4. The van der Waals surface area contributed by atoms with Crippen LogP contribution in [0.1, 0.15) is 19.4 Å². The van der Waals surface area contributed by atoms with Gasteiger partial charge in [-0.1, -0.05) is 11.6 Å². The van der Waals surface area contributed by atoms with Crippen LogP contribution in [0.3, 0.4) is 0 Å².